The molecule has 162 valence electrons. The number of esters is 1. The molecule has 0 aromatic carbocycles. The Bertz CT molecular complexity index is 622. The van der Waals surface area contributed by atoms with E-state index in [9.17, 15) is 18.9 Å². The molecule has 28 heavy (non-hydrogen) atoms. The molecule has 1 heterocycles. The van der Waals surface area contributed by atoms with Crippen LogP contribution in [0.2, 0.25) is 0 Å². The topological polar surface area (TPSA) is 124 Å². The standard InChI is InChI=1S/C17H29O10P/c1-16(2,3)26-15(20)23-11-25-28(21)24-10-17(4,5)14(27-28)12(18)8-7-9-13(19)22-6/h14H,7-11H2,1-6H3/t14-,28?/m0/s1. The number of carbonyl (C=O) groups is 3. The lowest BCUT2D eigenvalue weighted by Crippen LogP contribution is -2.44. The highest BCUT2D eigenvalue weighted by Gasteiger charge is 2.48. The lowest BCUT2D eigenvalue weighted by molar-refractivity contribution is -0.143. The summed E-state index contributed by atoms with van der Waals surface area (Å²) < 4.78 is 42.2. The van der Waals surface area contributed by atoms with E-state index in [1.54, 1.807) is 34.6 Å². The minimum atomic E-state index is -4.11. The van der Waals surface area contributed by atoms with Gasteiger partial charge < -0.3 is 14.2 Å². The normalized spacial score (nSPS) is 24.3. The minimum absolute atomic E-state index is 0.0393. The average molecular weight is 424 g/mol. The number of phosphoric ester groups is 1. The predicted octanol–water partition coefficient (Wildman–Crippen LogP) is 3.37. The second-order valence-electron chi connectivity index (χ2n) is 7.95. The Morgan fingerprint density at radius 2 is 1.82 bits per heavy atom. The maximum atomic E-state index is 12.6. The minimum Gasteiger partial charge on any atom is -0.469 e. The number of hydrogen-bond donors (Lipinski definition) is 0. The highest BCUT2D eigenvalue weighted by Crippen LogP contribution is 2.57. The van der Waals surface area contributed by atoms with Crippen LogP contribution >= 0.6 is 7.82 Å². The van der Waals surface area contributed by atoms with Gasteiger partial charge in [0.1, 0.15) is 11.7 Å². The van der Waals surface area contributed by atoms with Gasteiger partial charge in [0.25, 0.3) is 0 Å². The van der Waals surface area contributed by atoms with Crippen molar-refractivity contribution < 1.29 is 46.7 Å². The summed E-state index contributed by atoms with van der Waals surface area (Å²) in [5.74, 6) is -0.762. The van der Waals surface area contributed by atoms with Crippen molar-refractivity contribution in [3.8, 4) is 0 Å². The van der Waals surface area contributed by atoms with E-state index in [-0.39, 0.29) is 31.7 Å². The van der Waals surface area contributed by atoms with Crippen molar-refractivity contribution in [2.75, 3.05) is 20.5 Å². The summed E-state index contributed by atoms with van der Waals surface area (Å²) in [5.41, 5.74) is -1.52. The first kappa shape index (κ1) is 24.6. The van der Waals surface area contributed by atoms with Crippen LogP contribution in [0.4, 0.5) is 4.79 Å². The number of Topliss-reactive ketones (excluding diaryl/α,β-unsaturated/α-hetero) is 1. The number of hydrogen-bond acceptors (Lipinski definition) is 10. The Morgan fingerprint density at radius 1 is 1.18 bits per heavy atom. The molecule has 0 saturated carbocycles. The first-order chi connectivity index (χ1) is 12.8. The molecule has 11 heteroatoms. The highest BCUT2D eigenvalue weighted by atomic mass is 31.2. The van der Waals surface area contributed by atoms with Gasteiger partial charge in [-0.05, 0) is 27.2 Å². The van der Waals surface area contributed by atoms with E-state index < -0.39 is 43.9 Å². The highest BCUT2D eigenvalue weighted by molar-refractivity contribution is 7.48. The van der Waals surface area contributed by atoms with E-state index in [0.29, 0.717) is 0 Å². The van der Waals surface area contributed by atoms with Gasteiger partial charge in [-0.15, -0.1) is 0 Å². The van der Waals surface area contributed by atoms with Gasteiger partial charge in [-0.1, -0.05) is 13.8 Å². The Morgan fingerprint density at radius 3 is 2.39 bits per heavy atom. The Balaban J connectivity index is 2.60. The van der Waals surface area contributed by atoms with Crippen molar-refractivity contribution in [2.24, 2.45) is 5.41 Å². The van der Waals surface area contributed by atoms with E-state index >= 15 is 0 Å². The van der Waals surface area contributed by atoms with Gasteiger partial charge in [0.05, 0.1) is 13.7 Å². The SMILES string of the molecule is COC(=O)CCCC(=O)[C@@H]1OP(=O)(OCOC(=O)OC(C)(C)C)OCC1(C)C. The smallest absolute Gasteiger partial charge is 0.469 e. The Hall–Kier alpha value is -1.48. The van der Waals surface area contributed by atoms with Crippen molar-refractivity contribution >= 4 is 25.7 Å². The van der Waals surface area contributed by atoms with Gasteiger partial charge in [-0.2, -0.15) is 0 Å². The van der Waals surface area contributed by atoms with Crippen LogP contribution < -0.4 is 0 Å². The van der Waals surface area contributed by atoms with Gasteiger partial charge in [0, 0.05) is 18.3 Å². The van der Waals surface area contributed by atoms with Gasteiger partial charge in [-0.3, -0.25) is 18.6 Å². The molecule has 1 aliphatic rings. The fourth-order valence-corrected chi connectivity index (χ4v) is 3.77. The third-order valence-electron chi connectivity index (χ3n) is 3.64. The number of phosphoric acid groups is 1. The van der Waals surface area contributed by atoms with Crippen LogP contribution in [0.3, 0.4) is 0 Å². The number of carbonyl (C=O) groups excluding carboxylic acids is 3. The zero-order chi connectivity index (χ0) is 21.6. The molecule has 1 unspecified atom stereocenters. The first-order valence-electron chi connectivity index (χ1n) is 8.81. The lowest BCUT2D eigenvalue weighted by Gasteiger charge is -2.39. The summed E-state index contributed by atoms with van der Waals surface area (Å²) in [6.07, 6.45) is -1.67. The summed E-state index contributed by atoms with van der Waals surface area (Å²) in [5, 5.41) is 0. The third kappa shape index (κ3) is 8.26. The molecule has 0 aromatic heterocycles. The largest absolute Gasteiger partial charge is 0.510 e. The molecule has 0 bridgehead atoms. The molecule has 0 radical (unpaired) electrons. The van der Waals surface area contributed by atoms with Crippen LogP contribution in [0.25, 0.3) is 0 Å². The van der Waals surface area contributed by atoms with Crippen LogP contribution in [0, 0.1) is 5.41 Å². The van der Waals surface area contributed by atoms with Crippen LogP contribution in [-0.4, -0.2) is 50.1 Å². The molecule has 0 aliphatic carbocycles. The molecule has 2 atom stereocenters. The predicted molar refractivity (Wildman–Crippen MR) is 96.4 cm³/mol. The van der Waals surface area contributed by atoms with Gasteiger partial charge >= 0.3 is 19.9 Å². The first-order valence-corrected chi connectivity index (χ1v) is 10.3. The molecule has 10 nitrogen and oxygen atoms in total. The summed E-state index contributed by atoms with van der Waals surface area (Å²) >= 11 is 0. The zero-order valence-electron chi connectivity index (χ0n) is 17.1. The lowest BCUT2D eigenvalue weighted by atomic mass is 9.84. The molecule has 0 amide bonds. The maximum absolute atomic E-state index is 12.6. The monoisotopic (exact) mass is 424 g/mol. The quantitative estimate of drug-likeness (QED) is 0.325. The molecule has 0 N–H and O–H groups in total. The maximum Gasteiger partial charge on any atom is 0.510 e. The molecule has 0 spiro atoms. The molecule has 1 rings (SSSR count). The molecule has 1 aliphatic heterocycles. The van der Waals surface area contributed by atoms with Crippen LogP contribution in [0.5, 0.6) is 0 Å². The van der Waals surface area contributed by atoms with Crippen LogP contribution in [0.15, 0.2) is 0 Å². The summed E-state index contributed by atoms with van der Waals surface area (Å²) in [6.45, 7) is 7.61. The summed E-state index contributed by atoms with van der Waals surface area (Å²) in [4.78, 5) is 35.1. The number of rotatable bonds is 8. The summed E-state index contributed by atoms with van der Waals surface area (Å²) in [6, 6.07) is 0. The molecule has 1 saturated heterocycles. The van der Waals surface area contributed by atoms with Gasteiger partial charge in [-0.25, -0.2) is 13.9 Å². The molecular weight excluding hydrogens is 395 g/mol. The molecule has 0 aromatic rings. The van der Waals surface area contributed by atoms with Crippen molar-refractivity contribution in [3.05, 3.63) is 0 Å². The number of ketones is 1. The molecule has 1 fully saturated rings. The second kappa shape index (κ2) is 9.82. The second-order valence-corrected chi connectivity index (χ2v) is 9.57. The Kier molecular flexibility index (Phi) is 8.62. The van der Waals surface area contributed by atoms with Crippen molar-refractivity contribution in [3.63, 3.8) is 0 Å². The van der Waals surface area contributed by atoms with Crippen LogP contribution in [0.1, 0.15) is 53.9 Å². The van der Waals surface area contributed by atoms with E-state index in [0.717, 1.165) is 0 Å². The fourth-order valence-electron chi connectivity index (χ4n) is 2.24. The van der Waals surface area contributed by atoms with E-state index in [4.69, 9.17) is 18.3 Å². The molecular formula is C17H29O10P. The number of ether oxygens (including phenoxy) is 3. The van der Waals surface area contributed by atoms with Gasteiger partial charge in [0.15, 0.2) is 5.78 Å². The van der Waals surface area contributed by atoms with Crippen LogP contribution in [-0.2, 0) is 41.9 Å². The number of methoxy groups -OCH3 is 1. The fraction of sp³-hybridized carbons (Fsp3) is 0.824. The van der Waals surface area contributed by atoms with E-state index in [1.165, 1.54) is 7.11 Å². The van der Waals surface area contributed by atoms with Gasteiger partial charge in [0.2, 0.25) is 6.79 Å². The van der Waals surface area contributed by atoms with E-state index in [1.807, 2.05) is 0 Å². The Labute approximate surface area is 164 Å². The van der Waals surface area contributed by atoms with Crippen molar-refractivity contribution in [2.45, 2.75) is 65.6 Å². The summed E-state index contributed by atoms with van der Waals surface area (Å²) in [7, 11) is -2.85. The third-order valence-corrected chi connectivity index (χ3v) is 4.98. The average Bonchev–Trinajstić information content (AvgIpc) is 2.55. The van der Waals surface area contributed by atoms with Crippen molar-refractivity contribution in [1.82, 2.24) is 0 Å². The van der Waals surface area contributed by atoms with E-state index in [2.05, 4.69) is 9.47 Å². The van der Waals surface area contributed by atoms with Crippen molar-refractivity contribution in [1.29, 1.82) is 0 Å². The zero-order valence-corrected chi connectivity index (χ0v) is 18.0.